The Morgan fingerprint density at radius 3 is 2.48 bits per heavy atom. The molecule has 2 aromatic rings. The number of carbonyl (C=O) groups excluding carboxylic acids is 4. The lowest BCUT2D eigenvalue weighted by atomic mass is 10.1. The summed E-state index contributed by atoms with van der Waals surface area (Å²) >= 11 is 0. The fraction of sp³-hybridized carbons (Fsp3) is 0.158. The number of hydrogen-bond donors (Lipinski definition) is 1. The van der Waals surface area contributed by atoms with Crippen molar-refractivity contribution in [2.45, 2.75) is 6.92 Å². The molecule has 1 N–H and O–H groups in total. The van der Waals surface area contributed by atoms with Gasteiger partial charge in [0.2, 0.25) is 0 Å². The Bertz CT molecular complexity index is 1080. The zero-order chi connectivity index (χ0) is 21.3. The molecule has 1 heterocycles. The number of nitrogens with zero attached hydrogens (tertiary/aromatic N) is 2. The Hall–Kier alpha value is -4.08. The fourth-order valence-electron chi connectivity index (χ4n) is 2.78. The van der Waals surface area contributed by atoms with Crippen LogP contribution in [0.4, 0.5) is 11.4 Å². The van der Waals surface area contributed by atoms with Gasteiger partial charge in [0, 0.05) is 24.4 Å². The Morgan fingerprint density at radius 2 is 1.79 bits per heavy atom. The number of hydrogen-bond acceptors (Lipinski definition) is 7. The molecule has 1 aliphatic rings. The van der Waals surface area contributed by atoms with Crippen molar-refractivity contribution in [1.29, 1.82) is 0 Å². The van der Waals surface area contributed by atoms with Crippen LogP contribution >= 0.6 is 0 Å². The number of benzene rings is 2. The number of fused-ring (bicyclic) bond motifs is 1. The third-order valence-corrected chi connectivity index (χ3v) is 4.35. The number of aryl methyl sites for hydroxylation is 1. The molecule has 0 saturated heterocycles. The summed E-state index contributed by atoms with van der Waals surface area (Å²) in [4.78, 5) is 59.2. The smallest absolute Gasteiger partial charge is 0.338 e. The van der Waals surface area contributed by atoms with E-state index < -0.39 is 35.2 Å². The number of nitrogens with one attached hydrogen (secondary N) is 1. The number of amides is 3. The largest absolute Gasteiger partial charge is 0.452 e. The summed E-state index contributed by atoms with van der Waals surface area (Å²) in [6.07, 6.45) is 0. The van der Waals surface area contributed by atoms with Crippen molar-refractivity contribution < 1.29 is 28.8 Å². The van der Waals surface area contributed by atoms with Gasteiger partial charge in [-0.1, -0.05) is 6.07 Å². The monoisotopic (exact) mass is 397 g/mol. The predicted octanol–water partition coefficient (Wildman–Crippen LogP) is 1.92. The van der Waals surface area contributed by atoms with Crippen LogP contribution in [-0.2, 0) is 9.53 Å². The Kier molecular flexibility index (Phi) is 5.09. The highest BCUT2D eigenvalue weighted by Crippen LogP contribution is 2.25. The molecule has 0 fully saturated rings. The highest BCUT2D eigenvalue weighted by Gasteiger charge is 2.32. The van der Waals surface area contributed by atoms with Gasteiger partial charge >= 0.3 is 5.97 Å². The van der Waals surface area contributed by atoms with Gasteiger partial charge in [0.1, 0.15) is 0 Å². The van der Waals surface area contributed by atoms with Gasteiger partial charge in [0.15, 0.2) is 6.61 Å². The maximum Gasteiger partial charge on any atom is 0.338 e. The summed E-state index contributed by atoms with van der Waals surface area (Å²) in [7, 11) is 1.36. The summed E-state index contributed by atoms with van der Waals surface area (Å²) in [5.74, 6) is -2.47. The molecule has 0 unspecified atom stereocenters. The lowest BCUT2D eigenvalue weighted by molar-refractivity contribution is -0.385. The topological polar surface area (TPSA) is 136 Å². The first-order valence-electron chi connectivity index (χ1n) is 8.37. The second-order valence-corrected chi connectivity index (χ2v) is 6.31. The maximum atomic E-state index is 12.0. The molecule has 148 valence electrons. The van der Waals surface area contributed by atoms with E-state index in [9.17, 15) is 29.3 Å². The van der Waals surface area contributed by atoms with Crippen molar-refractivity contribution in [3.05, 3.63) is 68.8 Å². The molecule has 0 bridgehead atoms. The SMILES string of the molecule is Cc1ccc(C(=O)OCC(=O)Nc2ccc3c(c2)C(=O)N(C)C3=O)cc1[N+](=O)[O-]. The van der Waals surface area contributed by atoms with Gasteiger partial charge in [0.05, 0.1) is 21.6 Å². The van der Waals surface area contributed by atoms with Crippen molar-refractivity contribution in [1.82, 2.24) is 4.90 Å². The highest BCUT2D eigenvalue weighted by atomic mass is 16.6. The first-order valence-corrected chi connectivity index (χ1v) is 8.37. The summed E-state index contributed by atoms with van der Waals surface area (Å²) in [6, 6.07) is 8.09. The molecule has 29 heavy (non-hydrogen) atoms. The lowest BCUT2D eigenvalue weighted by Gasteiger charge is -2.08. The normalized spacial score (nSPS) is 12.6. The number of nitro benzene ring substituents is 1. The number of esters is 1. The minimum Gasteiger partial charge on any atom is -0.452 e. The van der Waals surface area contributed by atoms with E-state index in [0.717, 1.165) is 11.0 Å². The average Bonchev–Trinajstić information content (AvgIpc) is 2.90. The molecule has 0 radical (unpaired) electrons. The third kappa shape index (κ3) is 3.81. The summed E-state index contributed by atoms with van der Waals surface area (Å²) in [5, 5.41) is 13.4. The standard InChI is InChI=1S/C19H15N3O7/c1-10-3-4-11(7-15(10)22(27)28)19(26)29-9-16(23)20-12-5-6-13-14(8-12)18(25)21(2)17(13)24/h3-8H,9H2,1-2H3,(H,20,23). The second kappa shape index (κ2) is 7.50. The quantitative estimate of drug-likeness (QED) is 0.352. The summed E-state index contributed by atoms with van der Waals surface area (Å²) in [6.45, 7) is 0.901. The number of nitro groups is 1. The molecular formula is C19H15N3O7. The Balaban J connectivity index is 1.63. The van der Waals surface area contributed by atoms with Crippen molar-refractivity contribution in [3.63, 3.8) is 0 Å². The summed E-state index contributed by atoms with van der Waals surface area (Å²) in [5.41, 5.74) is 0.764. The lowest BCUT2D eigenvalue weighted by Crippen LogP contribution is -2.24. The van der Waals surface area contributed by atoms with Crippen LogP contribution in [-0.4, -0.2) is 47.2 Å². The van der Waals surface area contributed by atoms with Gasteiger partial charge in [-0.05, 0) is 31.2 Å². The maximum absolute atomic E-state index is 12.0. The van der Waals surface area contributed by atoms with Crippen LogP contribution in [0.25, 0.3) is 0 Å². The molecule has 0 spiro atoms. The van der Waals surface area contributed by atoms with Gasteiger partial charge < -0.3 is 10.1 Å². The molecule has 0 atom stereocenters. The van der Waals surface area contributed by atoms with Gasteiger partial charge in [0.25, 0.3) is 23.4 Å². The van der Waals surface area contributed by atoms with E-state index in [4.69, 9.17) is 4.74 Å². The van der Waals surface area contributed by atoms with Crippen LogP contribution in [0.2, 0.25) is 0 Å². The molecule has 0 saturated carbocycles. The fourth-order valence-corrected chi connectivity index (χ4v) is 2.78. The Morgan fingerprint density at radius 1 is 1.10 bits per heavy atom. The van der Waals surface area contributed by atoms with Crippen molar-refractivity contribution >= 4 is 35.1 Å². The Labute approximate surface area is 164 Å². The molecule has 2 aromatic carbocycles. The average molecular weight is 397 g/mol. The summed E-state index contributed by atoms with van der Waals surface area (Å²) < 4.78 is 4.88. The number of imide groups is 1. The molecule has 3 amide bonds. The van der Waals surface area contributed by atoms with Crippen molar-refractivity contribution in [2.75, 3.05) is 19.0 Å². The van der Waals surface area contributed by atoms with E-state index in [0.29, 0.717) is 5.56 Å². The first kappa shape index (κ1) is 19.7. The molecule has 0 aliphatic carbocycles. The molecular weight excluding hydrogens is 382 g/mol. The zero-order valence-corrected chi connectivity index (χ0v) is 15.4. The van der Waals surface area contributed by atoms with Crippen LogP contribution < -0.4 is 5.32 Å². The highest BCUT2D eigenvalue weighted by molar-refractivity contribution is 6.21. The van der Waals surface area contributed by atoms with E-state index in [-0.39, 0.29) is 28.1 Å². The minimum atomic E-state index is -0.889. The molecule has 3 rings (SSSR count). The zero-order valence-electron chi connectivity index (χ0n) is 15.4. The number of anilines is 1. The molecule has 10 heteroatoms. The van der Waals surface area contributed by atoms with Gasteiger partial charge in [-0.15, -0.1) is 0 Å². The van der Waals surface area contributed by atoms with Crippen molar-refractivity contribution in [3.8, 4) is 0 Å². The van der Waals surface area contributed by atoms with Crippen LogP contribution in [0.1, 0.15) is 36.6 Å². The van der Waals surface area contributed by atoms with Crippen molar-refractivity contribution in [2.24, 2.45) is 0 Å². The van der Waals surface area contributed by atoms with Gasteiger partial charge in [-0.25, -0.2) is 4.79 Å². The van der Waals surface area contributed by atoms with E-state index in [2.05, 4.69) is 5.32 Å². The van der Waals surface area contributed by atoms with Crippen LogP contribution in [0.3, 0.4) is 0 Å². The van der Waals surface area contributed by atoms with E-state index in [1.807, 2.05) is 0 Å². The van der Waals surface area contributed by atoms with Crippen LogP contribution in [0.5, 0.6) is 0 Å². The van der Waals surface area contributed by atoms with Crippen LogP contribution in [0, 0.1) is 17.0 Å². The number of carbonyl (C=O) groups is 4. The molecule has 0 aromatic heterocycles. The number of rotatable bonds is 5. The van der Waals surface area contributed by atoms with E-state index in [1.165, 1.54) is 44.3 Å². The minimum absolute atomic E-state index is 0.0558. The van der Waals surface area contributed by atoms with Gasteiger partial charge in [-0.3, -0.25) is 29.4 Å². The molecule has 10 nitrogen and oxygen atoms in total. The van der Waals surface area contributed by atoms with Gasteiger partial charge in [-0.2, -0.15) is 0 Å². The number of ether oxygens (including phenoxy) is 1. The first-order chi connectivity index (χ1) is 13.7. The predicted molar refractivity (Wildman–Crippen MR) is 99.6 cm³/mol. The molecule has 1 aliphatic heterocycles. The third-order valence-electron chi connectivity index (χ3n) is 4.35. The van der Waals surface area contributed by atoms with Crippen LogP contribution in [0.15, 0.2) is 36.4 Å². The van der Waals surface area contributed by atoms with E-state index in [1.54, 1.807) is 0 Å². The second-order valence-electron chi connectivity index (χ2n) is 6.31. The van der Waals surface area contributed by atoms with E-state index >= 15 is 0 Å².